The van der Waals surface area contributed by atoms with Gasteiger partial charge in [-0.05, 0) is 44.4 Å². The van der Waals surface area contributed by atoms with E-state index in [1.165, 1.54) is 11.3 Å². The Balaban J connectivity index is 1.73. The Hall–Kier alpha value is -2.04. The van der Waals surface area contributed by atoms with E-state index in [0.717, 1.165) is 19.3 Å². The van der Waals surface area contributed by atoms with Crippen LogP contribution in [0.5, 0.6) is 0 Å². The highest BCUT2D eigenvalue weighted by Gasteiger charge is 2.25. The van der Waals surface area contributed by atoms with Gasteiger partial charge >= 0.3 is 0 Å². The van der Waals surface area contributed by atoms with Gasteiger partial charge in [0.15, 0.2) is 0 Å². The zero-order valence-electron chi connectivity index (χ0n) is 12.8. The number of nitrogens with one attached hydrogen (secondary N) is 1. The molecule has 5 nitrogen and oxygen atoms in total. The molecule has 2 heterocycles. The van der Waals surface area contributed by atoms with Crippen molar-refractivity contribution in [3.63, 3.8) is 0 Å². The highest BCUT2D eigenvalue weighted by atomic mass is 16.2. The Kier molecular flexibility index (Phi) is 3.57. The van der Waals surface area contributed by atoms with E-state index in [4.69, 9.17) is 0 Å². The Bertz CT molecular complexity index is 653. The maximum absolute atomic E-state index is 12.3. The van der Waals surface area contributed by atoms with E-state index in [1.807, 2.05) is 36.1 Å². The van der Waals surface area contributed by atoms with Crippen LogP contribution in [-0.4, -0.2) is 26.3 Å². The molecule has 1 atom stereocenters. The molecule has 0 fully saturated rings. The van der Waals surface area contributed by atoms with Crippen LogP contribution in [0.3, 0.4) is 0 Å². The minimum absolute atomic E-state index is 0.00608. The first-order chi connectivity index (χ1) is 10.1. The zero-order chi connectivity index (χ0) is 15.0. The molecule has 0 aliphatic heterocycles. The van der Waals surface area contributed by atoms with Crippen LogP contribution in [-0.2, 0) is 19.9 Å². The minimum Gasteiger partial charge on any atom is -0.348 e. The summed E-state index contributed by atoms with van der Waals surface area (Å²) < 4.78 is 3.93. The number of carbonyl (C=O) groups is 1. The summed E-state index contributed by atoms with van der Waals surface area (Å²) in [6.07, 6.45) is 6.70. The van der Waals surface area contributed by atoms with Gasteiger partial charge < -0.3 is 9.88 Å². The molecule has 1 N–H and O–H groups in total. The predicted octanol–water partition coefficient (Wildman–Crippen LogP) is 2.09. The van der Waals surface area contributed by atoms with Crippen LogP contribution in [0.1, 0.15) is 48.1 Å². The SMILES string of the molecule is CC(C)n1ncc2c1CC(NC(=O)c1cccn1C)CC2. The Morgan fingerprint density at radius 2 is 2.29 bits per heavy atom. The Labute approximate surface area is 125 Å². The number of fused-ring (bicyclic) bond motifs is 1. The van der Waals surface area contributed by atoms with Gasteiger partial charge in [0.2, 0.25) is 0 Å². The summed E-state index contributed by atoms with van der Waals surface area (Å²) >= 11 is 0. The highest BCUT2D eigenvalue weighted by Crippen LogP contribution is 2.23. The van der Waals surface area contributed by atoms with Crippen molar-refractivity contribution in [2.24, 2.45) is 7.05 Å². The number of rotatable bonds is 3. The molecular formula is C16H22N4O. The van der Waals surface area contributed by atoms with E-state index in [2.05, 4.69) is 28.9 Å². The molecule has 0 saturated carbocycles. The average Bonchev–Trinajstić information content (AvgIpc) is 3.04. The second-order valence-corrected chi connectivity index (χ2v) is 6.07. The molecular weight excluding hydrogens is 264 g/mol. The van der Waals surface area contributed by atoms with Crippen molar-refractivity contribution in [3.8, 4) is 0 Å². The summed E-state index contributed by atoms with van der Waals surface area (Å²) in [5.41, 5.74) is 3.31. The van der Waals surface area contributed by atoms with Crippen LogP contribution in [0.4, 0.5) is 0 Å². The quantitative estimate of drug-likeness (QED) is 0.939. The smallest absolute Gasteiger partial charge is 0.268 e. The first-order valence-electron chi connectivity index (χ1n) is 7.53. The number of aromatic nitrogens is 3. The summed E-state index contributed by atoms with van der Waals surface area (Å²) in [5, 5.41) is 7.63. The second-order valence-electron chi connectivity index (χ2n) is 6.07. The van der Waals surface area contributed by atoms with Crippen molar-refractivity contribution in [1.29, 1.82) is 0 Å². The standard InChI is InChI=1S/C16H22N4O/c1-11(2)20-15-9-13(7-6-12(15)10-17-20)18-16(21)14-5-4-8-19(14)3/h4-5,8,10-11,13H,6-7,9H2,1-3H3,(H,18,21). The molecule has 2 aromatic heterocycles. The largest absolute Gasteiger partial charge is 0.348 e. The molecule has 5 heteroatoms. The monoisotopic (exact) mass is 286 g/mol. The van der Waals surface area contributed by atoms with Crippen molar-refractivity contribution >= 4 is 5.91 Å². The van der Waals surface area contributed by atoms with Crippen LogP contribution >= 0.6 is 0 Å². The highest BCUT2D eigenvalue weighted by molar-refractivity contribution is 5.92. The molecule has 2 aromatic rings. The summed E-state index contributed by atoms with van der Waals surface area (Å²) in [5.74, 6) is 0.00608. The fourth-order valence-corrected chi connectivity index (χ4v) is 3.05. The Morgan fingerprint density at radius 1 is 1.48 bits per heavy atom. The number of amides is 1. The number of aryl methyl sites for hydroxylation is 2. The molecule has 21 heavy (non-hydrogen) atoms. The van der Waals surface area contributed by atoms with Crippen molar-refractivity contribution in [2.75, 3.05) is 0 Å². The molecule has 0 radical (unpaired) electrons. The molecule has 0 spiro atoms. The van der Waals surface area contributed by atoms with Crippen molar-refractivity contribution < 1.29 is 4.79 Å². The normalized spacial score (nSPS) is 17.8. The predicted molar refractivity (Wildman–Crippen MR) is 81.3 cm³/mol. The summed E-state index contributed by atoms with van der Waals surface area (Å²) in [6.45, 7) is 4.28. The van der Waals surface area contributed by atoms with Gasteiger partial charge in [-0.1, -0.05) is 0 Å². The first-order valence-corrected chi connectivity index (χ1v) is 7.53. The van der Waals surface area contributed by atoms with Gasteiger partial charge in [-0.3, -0.25) is 9.48 Å². The number of hydrogen-bond acceptors (Lipinski definition) is 2. The van der Waals surface area contributed by atoms with E-state index in [1.54, 1.807) is 0 Å². The fraction of sp³-hybridized carbons (Fsp3) is 0.500. The Morgan fingerprint density at radius 3 is 2.95 bits per heavy atom. The third-order valence-corrected chi connectivity index (χ3v) is 4.19. The molecule has 0 saturated heterocycles. The van der Waals surface area contributed by atoms with E-state index >= 15 is 0 Å². The number of hydrogen-bond donors (Lipinski definition) is 1. The van der Waals surface area contributed by atoms with Crippen molar-refractivity contribution in [3.05, 3.63) is 41.5 Å². The maximum atomic E-state index is 12.3. The van der Waals surface area contributed by atoms with E-state index in [-0.39, 0.29) is 11.9 Å². The van der Waals surface area contributed by atoms with Crippen LogP contribution in [0.2, 0.25) is 0 Å². The summed E-state index contributed by atoms with van der Waals surface area (Å²) in [6, 6.07) is 4.29. The van der Waals surface area contributed by atoms with Crippen molar-refractivity contribution in [1.82, 2.24) is 19.7 Å². The van der Waals surface area contributed by atoms with E-state index < -0.39 is 0 Å². The van der Waals surface area contributed by atoms with Crippen LogP contribution in [0.15, 0.2) is 24.5 Å². The maximum Gasteiger partial charge on any atom is 0.268 e. The third kappa shape index (κ3) is 2.60. The number of carbonyl (C=O) groups excluding carboxylic acids is 1. The van der Waals surface area contributed by atoms with Crippen LogP contribution in [0.25, 0.3) is 0 Å². The zero-order valence-corrected chi connectivity index (χ0v) is 12.8. The molecule has 1 amide bonds. The lowest BCUT2D eigenvalue weighted by Crippen LogP contribution is -2.40. The van der Waals surface area contributed by atoms with Gasteiger partial charge in [0.25, 0.3) is 5.91 Å². The molecule has 1 aliphatic rings. The van der Waals surface area contributed by atoms with Crippen LogP contribution < -0.4 is 5.32 Å². The average molecular weight is 286 g/mol. The van der Waals surface area contributed by atoms with E-state index in [0.29, 0.717) is 11.7 Å². The summed E-state index contributed by atoms with van der Waals surface area (Å²) in [7, 11) is 1.89. The number of nitrogens with zero attached hydrogens (tertiary/aromatic N) is 3. The van der Waals surface area contributed by atoms with Gasteiger partial charge in [-0.15, -0.1) is 0 Å². The van der Waals surface area contributed by atoms with Gasteiger partial charge in [0.1, 0.15) is 5.69 Å². The minimum atomic E-state index is 0.00608. The third-order valence-electron chi connectivity index (χ3n) is 4.19. The van der Waals surface area contributed by atoms with Gasteiger partial charge in [0, 0.05) is 37.4 Å². The molecule has 0 bridgehead atoms. The fourth-order valence-electron chi connectivity index (χ4n) is 3.05. The van der Waals surface area contributed by atoms with Gasteiger partial charge in [-0.25, -0.2) is 0 Å². The van der Waals surface area contributed by atoms with Gasteiger partial charge in [0.05, 0.1) is 6.20 Å². The summed E-state index contributed by atoms with van der Waals surface area (Å²) in [4.78, 5) is 12.3. The first kappa shape index (κ1) is 13.9. The molecule has 1 unspecified atom stereocenters. The lowest BCUT2D eigenvalue weighted by Gasteiger charge is -2.25. The second kappa shape index (κ2) is 5.39. The molecule has 0 aromatic carbocycles. The van der Waals surface area contributed by atoms with Gasteiger partial charge in [-0.2, -0.15) is 5.10 Å². The topological polar surface area (TPSA) is 51.9 Å². The lowest BCUT2D eigenvalue weighted by molar-refractivity contribution is 0.0925. The van der Waals surface area contributed by atoms with Crippen molar-refractivity contribution in [2.45, 2.75) is 45.2 Å². The lowest BCUT2D eigenvalue weighted by atomic mass is 9.93. The van der Waals surface area contributed by atoms with E-state index in [9.17, 15) is 4.79 Å². The molecule has 1 aliphatic carbocycles. The molecule has 3 rings (SSSR count). The van der Waals surface area contributed by atoms with Crippen LogP contribution in [0, 0.1) is 0 Å². The molecule has 112 valence electrons.